The molecule has 3 aromatic rings. The molecule has 0 saturated heterocycles. The van der Waals surface area contributed by atoms with Gasteiger partial charge in [-0.2, -0.15) is 0 Å². The summed E-state index contributed by atoms with van der Waals surface area (Å²) in [5.74, 6) is -6.08. The molecular weight excluding hydrogens is 607 g/mol. The Labute approximate surface area is 233 Å². The van der Waals surface area contributed by atoms with Gasteiger partial charge in [-0.1, -0.05) is 39.1 Å². The van der Waals surface area contributed by atoms with E-state index in [1.165, 1.54) is 60.7 Å². The van der Waals surface area contributed by atoms with Crippen LogP contribution in [0.5, 0.6) is 0 Å². The second kappa shape index (κ2) is 13.0. The SMILES string of the molecule is O=C(NNC(=O)[C@H](OC(=O)c1ccc(Cl)cc1)[C@H](OC(=O)c1ccc(Cl)cc1)C(=O)O)c1ccc(Br)cc1. The van der Waals surface area contributed by atoms with E-state index in [9.17, 15) is 29.1 Å². The number of aliphatic carboxylic acids is 1. The molecule has 13 heteroatoms. The zero-order valence-electron chi connectivity index (χ0n) is 19.0. The van der Waals surface area contributed by atoms with Crippen molar-refractivity contribution in [1.82, 2.24) is 10.9 Å². The molecule has 0 saturated carbocycles. The van der Waals surface area contributed by atoms with Crippen molar-refractivity contribution >= 4 is 68.9 Å². The molecule has 3 rings (SSSR count). The maximum Gasteiger partial charge on any atom is 0.349 e. The highest BCUT2D eigenvalue weighted by Crippen LogP contribution is 2.17. The molecule has 2 atom stereocenters. The first-order valence-corrected chi connectivity index (χ1v) is 12.1. The average molecular weight is 624 g/mol. The van der Waals surface area contributed by atoms with Gasteiger partial charge in [-0.05, 0) is 72.8 Å². The number of amides is 2. The predicted molar refractivity (Wildman–Crippen MR) is 139 cm³/mol. The van der Waals surface area contributed by atoms with E-state index in [2.05, 4.69) is 21.4 Å². The third-order valence-corrected chi connectivity index (χ3v) is 5.84. The fraction of sp³-hybridized carbons (Fsp3) is 0.0800. The number of carbonyl (C=O) groups is 5. The number of ether oxygens (including phenoxy) is 2. The highest BCUT2D eigenvalue weighted by Gasteiger charge is 2.41. The summed E-state index contributed by atoms with van der Waals surface area (Å²) < 4.78 is 10.9. The second-order valence-corrected chi connectivity index (χ2v) is 9.24. The van der Waals surface area contributed by atoms with Crippen LogP contribution in [0.3, 0.4) is 0 Å². The number of hydrogen-bond donors (Lipinski definition) is 3. The monoisotopic (exact) mass is 622 g/mol. The molecule has 0 aliphatic heterocycles. The molecule has 3 aromatic carbocycles. The molecular formula is C25H17BrCl2N2O8. The van der Waals surface area contributed by atoms with Gasteiger partial charge in [0.05, 0.1) is 11.1 Å². The van der Waals surface area contributed by atoms with Gasteiger partial charge in [0.15, 0.2) is 0 Å². The number of hydrazine groups is 1. The van der Waals surface area contributed by atoms with Crippen molar-refractivity contribution in [2.75, 3.05) is 0 Å². The van der Waals surface area contributed by atoms with Crippen LogP contribution in [0, 0.1) is 0 Å². The molecule has 0 spiro atoms. The molecule has 0 aliphatic rings. The molecule has 0 aliphatic carbocycles. The number of halogens is 3. The van der Waals surface area contributed by atoms with E-state index in [-0.39, 0.29) is 16.7 Å². The minimum atomic E-state index is -2.29. The lowest BCUT2D eigenvalue weighted by molar-refractivity contribution is -0.159. The van der Waals surface area contributed by atoms with Gasteiger partial charge in [0, 0.05) is 20.1 Å². The van der Waals surface area contributed by atoms with Crippen molar-refractivity contribution in [3.05, 3.63) is 104 Å². The Bertz CT molecular complexity index is 1350. The Morgan fingerprint density at radius 1 is 0.658 bits per heavy atom. The van der Waals surface area contributed by atoms with Gasteiger partial charge in [0.25, 0.3) is 11.8 Å². The standard InChI is InChI=1S/C25H17BrCl2N2O8/c26-16-7-1-13(2-8-16)21(31)29-30-22(32)19(37-24(35)14-3-9-17(27)10-4-14)20(23(33)34)38-25(36)15-5-11-18(28)12-6-15/h1-12,19-20H,(H,29,31)(H,30,32)(H,33,34)/t19-,20+/m1/s1. The maximum atomic E-state index is 13.0. The van der Waals surface area contributed by atoms with Crippen molar-refractivity contribution in [1.29, 1.82) is 0 Å². The highest BCUT2D eigenvalue weighted by atomic mass is 79.9. The van der Waals surface area contributed by atoms with E-state index in [4.69, 9.17) is 32.7 Å². The van der Waals surface area contributed by atoms with Gasteiger partial charge in [0.1, 0.15) is 0 Å². The number of rotatable bonds is 8. The van der Waals surface area contributed by atoms with Crippen LogP contribution < -0.4 is 10.9 Å². The lowest BCUT2D eigenvalue weighted by atomic mass is 10.1. The van der Waals surface area contributed by atoms with E-state index < -0.39 is 41.9 Å². The molecule has 196 valence electrons. The van der Waals surface area contributed by atoms with Crippen molar-refractivity contribution < 1.29 is 38.6 Å². The van der Waals surface area contributed by atoms with Gasteiger partial charge < -0.3 is 14.6 Å². The molecule has 0 aromatic heterocycles. The first-order valence-electron chi connectivity index (χ1n) is 10.6. The van der Waals surface area contributed by atoms with Crippen LogP contribution in [0.25, 0.3) is 0 Å². The summed E-state index contributed by atoms with van der Waals surface area (Å²) >= 11 is 14.8. The van der Waals surface area contributed by atoms with Crippen molar-refractivity contribution in [3.8, 4) is 0 Å². The van der Waals surface area contributed by atoms with Crippen LogP contribution in [0.2, 0.25) is 10.0 Å². The van der Waals surface area contributed by atoms with Crippen LogP contribution in [0.4, 0.5) is 0 Å². The summed E-state index contributed by atoms with van der Waals surface area (Å²) in [6, 6.07) is 16.7. The summed E-state index contributed by atoms with van der Waals surface area (Å²) in [6.07, 6.45) is -4.50. The van der Waals surface area contributed by atoms with E-state index >= 15 is 0 Å². The van der Waals surface area contributed by atoms with Gasteiger partial charge in [-0.25, -0.2) is 14.4 Å². The van der Waals surface area contributed by atoms with Crippen LogP contribution in [-0.2, 0) is 19.1 Å². The Hall–Kier alpha value is -3.93. The fourth-order valence-electron chi connectivity index (χ4n) is 2.90. The molecule has 0 heterocycles. The molecule has 0 bridgehead atoms. The number of carboxylic acid groups (broad SMARTS) is 1. The number of carboxylic acids is 1. The lowest BCUT2D eigenvalue weighted by Gasteiger charge is -2.23. The van der Waals surface area contributed by atoms with Crippen molar-refractivity contribution in [3.63, 3.8) is 0 Å². The zero-order chi connectivity index (χ0) is 27.8. The van der Waals surface area contributed by atoms with Crippen molar-refractivity contribution in [2.45, 2.75) is 12.2 Å². The van der Waals surface area contributed by atoms with Crippen LogP contribution in [0.1, 0.15) is 31.1 Å². The Morgan fingerprint density at radius 2 is 1.08 bits per heavy atom. The zero-order valence-corrected chi connectivity index (χ0v) is 22.1. The smallest absolute Gasteiger partial charge is 0.349 e. The summed E-state index contributed by atoms with van der Waals surface area (Å²) in [5.41, 5.74) is 4.10. The summed E-state index contributed by atoms with van der Waals surface area (Å²) in [7, 11) is 0. The number of benzene rings is 3. The van der Waals surface area contributed by atoms with Gasteiger partial charge in [-0.3, -0.25) is 20.4 Å². The molecule has 38 heavy (non-hydrogen) atoms. The van der Waals surface area contributed by atoms with Gasteiger partial charge in [0.2, 0.25) is 12.2 Å². The topological polar surface area (TPSA) is 148 Å². The average Bonchev–Trinajstić information content (AvgIpc) is 2.89. The largest absolute Gasteiger partial charge is 0.478 e. The number of carbonyl (C=O) groups excluding carboxylic acids is 4. The quantitative estimate of drug-likeness (QED) is 0.251. The first kappa shape index (κ1) is 28.6. The molecule has 3 N–H and O–H groups in total. The van der Waals surface area contributed by atoms with E-state index in [0.29, 0.717) is 14.5 Å². The lowest BCUT2D eigenvalue weighted by Crippen LogP contribution is -2.54. The fourth-order valence-corrected chi connectivity index (χ4v) is 3.41. The third-order valence-electron chi connectivity index (χ3n) is 4.81. The number of nitrogens with one attached hydrogen (secondary N) is 2. The van der Waals surface area contributed by atoms with E-state index in [0.717, 1.165) is 0 Å². The third kappa shape index (κ3) is 7.78. The number of esters is 2. The molecule has 10 nitrogen and oxygen atoms in total. The van der Waals surface area contributed by atoms with Gasteiger partial charge >= 0.3 is 17.9 Å². The second-order valence-electron chi connectivity index (χ2n) is 7.45. The van der Waals surface area contributed by atoms with Crippen molar-refractivity contribution in [2.24, 2.45) is 0 Å². The minimum Gasteiger partial charge on any atom is -0.478 e. The predicted octanol–water partition coefficient (Wildman–Crippen LogP) is 4.05. The molecule has 0 fully saturated rings. The molecule has 0 radical (unpaired) electrons. The van der Waals surface area contributed by atoms with Crippen LogP contribution in [0.15, 0.2) is 77.3 Å². The maximum absolute atomic E-state index is 13.0. The van der Waals surface area contributed by atoms with Crippen LogP contribution in [-0.4, -0.2) is 47.0 Å². The summed E-state index contributed by atoms with van der Waals surface area (Å²) in [5, 5.41) is 10.4. The highest BCUT2D eigenvalue weighted by molar-refractivity contribution is 9.10. The van der Waals surface area contributed by atoms with E-state index in [1.807, 2.05) is 5.43 Å². The Kier molecular flexibility index (Phi) is 9.83. The molecule has 2 amide bonds. The van der Waals surface area contributed by atoms with Crippen LogP contribution >= 0.6 is 39.1 Å². The molecule has 0 unspecified atom stereocenters. The summed E-state index contributed by atoms with van der Waals surface area (Å²) in [4.78, 5) is 62.7. The normalized spacial score (nSPS) is 12.0. The Balaban J connectivity index is 1.84. The minimum absolute atomic E-state index is 0.0701. The summed E-state index contributed by atoms with van der Waals surface area (Å²) in [6.45, 7) is 0. The Morgan fingerprint density at radius 3 is 1.53 bits per heavy atom. The first-order chi connectivity index (χ1) is 18.0. The number of hydrogen-bond acceptors (Lipinski definition) is 7. The van der Waals surface area contributed by atoms with E-state index in [1.54, 1.807) is 12.1 Å². The van der Waals surface area contributed by atoms with Gasteiger partial charge in [-0.15, -0.1) is 0 Å².